The molecule has 0 atom stereocenters. The molecule has 0 amide bonds. The number of methoxy groups -OCH3 is 1. The lowest BCUT2D eigenvalue weighted by Crippen LogP contribution is -2.26. The van der Waals surface area contributed by atoms with Crippen LogP contribution in [-0.2, 0) is 22.9 Å². The van der Waals surface area contributed by atoms with E-state index < -0.39 is 10.0 Å². The van der Waals surface area contributed by atoms with Gasteiger partial charge in [0.1, 0.15) is 11.6 Å². The Kier molecular flexibility index (Phi) is 8.74. The molecule has 3 aromatic carbocycles. The van der Waals surface area contributed by atoms with E-state index in [0.29, 0.717) is 12.1 Å². The molecule has 0 aliphatic carbocycles. The summed E-state index contributed by atoms with van der Waals surface area (Å²) in [4.78, 5) is 0.244. The standard InChI is InChI=1S/C29H32FN3O3S/c1-3-4-5-6-21-7-17-26(18-8-21)37(34,35)31-20-19-27-28(22-9-13-24(30)14-10-22)32-33-29(27)23-11-15-25(36-2)16-12-23/h7-18,31H,3-6,19-20H2,1-2H3,(H,32,33). The summed E-state index contributed by atoms with van der Waals surface area (Å²) in [5, 5.41) is 7.58. The second-order valence-electron chi connectivity index (χ2n) is 8.91. The van der Waals surface area contributed by atoms with Crippen molar-refractivity contribution in [3.63, 3.8) is 0 Å². The van der Waals surface area contributed by atoms with E-state index in [1.807, 2.05) is 36.4 Å². The van der Waals surface area contributed by atoms with Crippen LogP contribution in [-0.4, -0.2) is 32.3 Å². The Hall–Kier alpha value is -3.49. The lowest BCUT2D eigenvalue weighted by molar-refractivity contribution is 0.415. The zero-order chi connectivity index (χ0) is 26.3. The molecule has 0 saturated carbocycles. The minimum atomic E-state index is -3.67. The largest absolute Gasteiger partial charge is 0.497 e. The maximum atomic E-state index is 13.5. The van der Waals surface area contributed by atoms with Gasteiger partial charge in [-0.15, -0.1) is 0 Å². The summed E-state index contributed by atoms with van der Waals surface area (Å²) in [7, 11) is -2.07. The van der Waals surface area contributed by atoms with Gasteiger partial charge in [-0.1, -0.05) is 31.9 Å². The SMILES string of the molecule is CCCCCc1ccc(S(=O)(=O)NCCc2c(-c3ccc(OC)cc3)n[nH]c2-c2ccc(F)cc2)cc1. The summed E-state index contributed by atoms with van der Waals surface area (Å²) in [5.74, 6) is 0.396. The molecular weight excluding hydrogens is 489 g/mol. The highest BCUT2D eigenvalue weighted by molar-refractivity contribution is 7.89. The van der Waals surface area contributed by atoms with Gasteiger partial charge in [0.05, 0.1) is 23.4 Å². The molecule has 1 aromatic heterocycles. The van der Waals surface area contributed by atoms with Crippen molar-refractivity contribution in [1.29, 1.82) is 0 Å². The molecule has 0 spiro atoms. The van der Waals surface area contributed by atoms with E-state index in [0.717, 1.165) is 59.4 Å². The van der Waals surface area contributed by atoms with Gasteiger partial charge >= 0.3 is 0 Å². The Bertz CT molecular complexity index is 1400. The Labute approximate surface area is 218 Å². The van der Waals surface area contributed by atoms with Crippen LogP contribution in [0.4, 0.5) is 4.39 Å². The monoisotopic (exact) mass is 521 g/mol. The predicted octanol–water partition coefficient (Wildman–Crippen LogP) is 6.15. The molecule has 1 heterocycles. The third-order valence-corrected chi connectivity index (χ3v) is 7.81. The van der Waals surface area contributed by atoms with Gasteiger partial charge < -0.3 is 4.74 Å². The first kappa shape index (κ1) is 26.6. The van der Waals surface area contributed by atoms with E-state index in [1.165, 1.54) is 12.1 Å². The third kappa shape index (κ3) is 6.64. The zero-order valence-corrected chi connectivity index (χ0v) is 21.9. The Morgan fingerprint density at radius 2 is 1.57 bits per heavy atom. The highest BCUT2D eigenvalue weighted by atomic mass is 32.2. The molecule has 2 N–H and O–H groups in total. The van der Waals surface area contributed by atoms with Crippen LogP contribution in [0.2, 0.25) is 0 Å². The van der Waals surface area contributed by atoms with Gasteiger partial charge in [0.15, 0.2) is 0 Å². The van der Waals surface area contributed by atoms with Crippen molar-refractivity contribution in [2.75, 3.05) is 13.7 Å². The summed E-state index contributed by atoms with van der Waals surface area (Å²) in [6.45, 7) is 2.34. The zero-order valence-electron chi connectivity index (χ0n) is 21.1. The highest BCUT2D eigenvalue weighted by Crippen LogP contribution is 2.31. The van der Waals surface area contributed by atoms with Gasteiger partial charge in [0.2, 0.25) is 10.0 Å². The first-order valence-electron chi connectivity index (χ1n) is 12.5. The van der Waals surface area contributed by atoms with Gasteiger partial charge in [-0.3, -0.25) is 5.10 Å². The van der Waals surface area contributed by atoms with Gasteiger partial charge in [0.25, 0.3) is 0 Å². The Morgan fingerprint density at radius 1 is 0.892 bits per heavy atom. The minimum absolute atomic E-state index is 0.178. The van der Waals surface area contributed by atoms with Crippen molar-refractivity contribution in [2.45, 2.75) is 43.9 Å². The number of nitrogens with zero attached hydrogens (tertiary/aromatic N) is 1. The van der Waals surface area contributed by atoms with E-state index in [1.54, 1.807) is 31.4 Å². The number of sulfonamides is 1. The maximum absolute atomic E-state index is 13.5. The molecule has 0 aliphatic rings. The second-order valence-corrected chi connectivity index (χ2v) is 10.7. The van der Waals surface area contributed by atoms with Crippen LogP contribution in [0.25, 0.3) is 22.5 Å². The van der Waals surface area contributed by atoms with Crippen LogP contribution in [0.5, 0.6) is 5.75 Å². The topological polar surface area (TPSA) is 84.1 Å². The smallest absolute Gasteiger partial charge is 0.240 e. The normalized spacial score (nSPS) is 11.5. The lowest BCUT2D eigenvalue weighted by atomic mass is 9.99. The van der Waals surface area contributed by atoms with Crippen molar-refractivity contribution in [2.24, 2.45) is 0 Å². The highest BCUT2D eigenvalue weighted by Gasteiger charge is 2.19. The first-order valence-corrected chi connectivity index (χ1v) is 14.0. The van der Waals surface area contributed by atoms with Crippen LogP contribution in [0, 0.1) is 5.82 Å². The molecule has 194 valence electrons. The summed E-state index contributed by atoms with van der Waals surface area (Å²) >= 11 is 0. The van der Waals surface area contributed by atoms with Gasteiger partial charge in [-0.2, -0.15) is 5.10 Å². The maximum Gasteiger partial charge on any atom is 0.240 e. The number of H-pyrrole nitrogens is 1. The van der Waals surface area contributed by atoms with Crippen LogP contribution < -0.4 is 9.46 Å². The molecule has 37 heavy (non-hydrogen) atoms. The number of aromatic amines is 1. The third-order valence-electron chi connectivity index (χ3n) is 6.33. The van der Waals surface area contributed by atoms with Crippen molar-refractivity contribution < 1.29 is 17.5 Å². The van der Waals surface area contributed by atoms with Crippen LogP contribution in [0.15, 0.2) is 77.7 Å². The Morgan fingerprint density at radius 3 is 2.22 bits per heavy atom. The average Bonchev–Trinajstić information content (AvgIpc) is 3.33. The summed E-state index contributed by atoms with van der Waals surface area (Å²) in [5.41, 5.74) is 5.04. The number of nitrogens with one attached hydrogen (secondary N) is 2. The summed E-state index contributed by atoms with van der Waals surface area (Å²) in [6.07, 6.45) is 4.74. The fourth-order valence-electron chi connectivity index (χ4n) is 4.26. The van der Waals surface area contributed by atoms with E-state index in [9.17, 15) is 12.8 Å². The van der Waals surface area contributed by atoms with Crippen LogP contribution in [0.1, 0.15) is 37.3 Å². The second kappa shape index (κ2) is 12.2. The quantitative estimate of drug-likeness (QED) is 0.219. The number of rotatable bonds is 12. The molecule has 8 heteroatoms. The van der Waals surface area contributed by atoms with Gasteiger partial charge in [-0.05, 0) is 85.5 Å². The number of aromatic nitrogens is 2. The number of ether oxygens (including phenoxy) is 1. The molecule has 0 fully saturated rings. The Balaban J connectivity index is 1.53. The molecule has 0 aliphatic heterocycles. The average molecular weight is 522 g/mol. The molecule has 0 saturated heterocycles. The van der Waals surface area contributed by atoms with Gasteiger partial charge in [-0.25, -0.2) is 17.5 Å². The number of benzene rings is 3. The molecule has 4 rings (SSSR count). The van der Waals surface area contributed by atoms with E-state index in [2.05, 4.69) is 21.8 Å². The summed E-state index contributed by atoms with van der Waals surface area (Å²) in [6, 6.07) is 20.7. The molecule has 0 unspecified atom stereocenters. The van der Waals surface area contributed by atoms with Crippen LogP contribution in [0.3, 0.4) is 0 Å². The fourth-order valence-corrected chi connectivity index (χ4v) is 5.29. The number of hydrogen-bond acceptors (Lipinski definition) is 4. The van der Waals surface area contributed by atoms with E-state index >= 15 is 0 Å². The predicted molar refractivity (Wildman–Crippen MR) is 145 cm³/mol. The van der Waals surface area contributed by atoms with Crippen molar-refractivity contribution in [1.82, 2.24) is 14.9 Å². The summed E-state index contributed by atoms with van der Waals surface area (Å²) < 4.78 is 47.4. The molecular formula is C29H32FN3O3S. The fraction of sp³-hybridized carbons (Fsp3) is 0.276. The van der Waals surface area contributed by atoms with Crippen molar-refractivity contribution in [3.05, 3.63) is 89.7 Å². The van der Waals surface area contributed by atoms with Crippen molar-refractivity contribution in [3.8, 4) is 28.3 Å². The number of aryl methyl sites for hydroxylation is 1. The van der Waals surface area contributed by atoms with Crippen LogP contribution >= 0.6 is 0 Å². The molecule has 0 radical (unpaired) electrons. The molecule has 4 aromatic rings. The van der Waals surface area contributed by atoms with Gasteiger partial charge in [0, 0.05) is 23.2 Å². The number of unbranched alkanes of at least 4 members (excludes halogenated alkanes) is 2. The minimum Gasteiger partial charge on any atom is -0.497 e. The van der Waals surface area contributed by atoms with E-state index in [4.69, 9.17) is 4.74 Å². The van der Waals surface area contributed by atoms with Crippen molar-refractivity contribution >= 4 is 10.0 Å². The number of hydrogen-bond donors (Lipinski definition) is 2. The number of halogens is 1. The van der Waals surface area contributed by atoms with E-state index in [-0.39, 0.29) is 17.3 Å². The lowest BCUT2D eigenvalue weighted by Gasteiger charge is -2.10. The molecule has 0 bridgehead atoms. The first-order chi connectivity index (χ1) is 17.9. The molecule has 6 nitrogen and oxygen atoms in total.